The molecule has 2 aromatic rings. The summed E-state index contributed by atoms with van der Waals surface area (Å²) in [6, 6.07) is 7.85. The van der Waals surface area contributed by atoms with Crippen LogP contribution in [0.1, 0.15) is 25.1 Å². The second kappa shape index (κ2) is 5.90. The first-order chi connectivity index (χ1) is 9.63. The Bertz CT molecular complexity index is 675. The Morgan fingerprint density at radius 3 is 2.50 bits per heavy atom. The lowest BCUT2D eigenvalue weighted by Gasteiger charge is -2.15. The van der Waals surface area contributed by atoms with E-state index in [1.54, 1.807) is 7.11 Å². The zero-order valence-electron chi connectivity index (χ0n) is 12.4. The van der Waals surface area contributed by atoms with Gasteiger partial charge < -0.3 is 4.74 Å². The Morgan fingerprint density at radius 1 is 1.25 bits per heavy atom. The number of nitrogens with zero attached hydrogens (tertiary/aromatic N) is 2. The van der Waals surface area contributed by atoms with Gasteiger partial charge in [-0.05, 0) is 31.4 Å². The molecule has 0 unspecified atom stereocenters. The van der Waals surface area contributed by atoms with Gasteiger partial charge in [-0.3, -0.25) is 4.79 Å². The van der Waals surface area contributed by atoms with Crippen LogP contribution in [0.2, 0.25) is 0 Å². The van der Waals surface area contributed by atoms with E-state index in [9.17, 15) is 4.79 Å². The summed E-state index contributed by atoms with van der Waals surface area (Å²) in [6.45, 7) is 6.48. The summed E-state index contributed by atoms with van der Waals surface area (Å²) in [5.74, 6) is 0.594. The van der Waals surface area contributed by atoms with E-state index >= 15 is 0 Å². The number of aryl methyl sites for hydroxylation is 3. The van der Waals surface area contributed by atoms with Crippen LogP contribution >= 0.6 is 0 Å². The fourth-order valence-electron chi connectivity index (χ4n) is 2.36. The molecule has 0 aliphatic rings. The number of hydrogen-bond donors (Lipinski definition) is 0. The van der Waals surface area contributed by atoms with Gasteiger partial charge in [0, 0.05) is 6.54 Å². The van der Waals surface area contributed by atoms with E-state index in [0.29, 0.717) is 17.9 Å². The molecule has 20 heavy (non-hydrogen) atoms. The van der Waals surface area contributed by atoms with Crippen LogP contribution in [0.5, 0.6) is 5.75 Å². The van der Waals surface area contributed by atoms with Crippen LogP contribution in [0, 0.1) is 6.92 Å². The summed E-state index contributed by atoms with van der Waals surface area (Å²) in [6.07, 6.45) is 0.725. The molecule has 0 amide bonds. The molecule has 4 nitrogen and oxygen atoms in total. The molecule has 1 aromatic heterocycles. The fraction of sp³-hybridized carbons (Fsp3) is 0.375. The van der Waals surface area contributed by atoms with Crippen molar-refractivity contribution in [2.75, 3.05) is 7.11 Å². The molecule has 0 aliphatic heterocycles. The van der Waals surface area contributed by atoms with E-state index in [2.05, 4.69) is 5.10 Å². The van der Waals surface area contributed by atoms with Crippen molar-refractivity contribution in [3.8, 4) is 16.9 Å². The van der Waals surface area contributed by atoms with Crippen LogP contribution in [0.25, 0.3) is 11.1 Å². The molecule has 0 atom stereocenters. The van der Waals surface area contributed by atoms with Gasteiger partial charge in [0.25, 0.3) is 5.56 Å². The van der Waals surface area contributed by atoms with Gasteiger partial charge in [-0.1, -0.05) is 31.2 Å². The molecule has 1 heterocycles. The van der Waals surface area contributed by atoms with Crippen molar-refractivity contribution in [2.24, 2.45) is 0 Å². The van der Waals surface area contributed by atoms with Crippen molar-refractivity contribution in [3.63, 3.8) is 0 Å². The third-order valence-electron chi connectivity index (χ3n) is 3.43. The second-order valence-electron chi connectivity index (χ2n) is 4.64. The Labute approximate surface area is 119 Å². The number of benzene rings is 1. The minimum Gasteiger partial charge on any atom is -0.494 e. The van der Waals surface area contributed by atoms with Crippen LogP contribution in [0.3, 0.4) is 0 Å². The largest absolute Gasteiger partial charge is 0.494 e. The Balaban J connectivity index is 2.86. The predicted molar refractivity (Wildman–Crippen MR) is 80.3 cm³/mol. The van der Waals surface area contributed by atoms with Crippen LogP contribution < -0.4 is 10.3 Å². The summed E-state index contributed by atoms with van der Waals surface area (Å²) < 4.78 is 6.98. The van der Waals surface area contributed by atoms with E-state index in [4.69, 9.17) is 4.74 Å². The maximum Gasteiger partial charge on any atom is 0.278 e. The zero-order valence-corrected chi connectivity index (χ0v) is 12.4. The monoisotopic (exact) mass is 272 g/mol. The summed E-state index contributed by atoms with van der Waals surface area (Å²) in [7, 11) is 1.59. The van der Waals surface area contributed by atoms with Crippen LogP contribution in [0.4, 0.5) is 0 Å². The highest BCUT2D eigenvalue weighted by Crippen LogP contribution is 2.31. The number of rotatable bonds is 4. The molecule has 0 saturated carbocycles. The summed E-state index contributed by atoms with van der Waals surface area (Å²) in [4.78, 5) is 12.6. The molecule has 0 fully saturated rings. The van der Waals surface area contributed by atoms with Gasteiger partial charge in [0.15, 0.2) is 5.75 Å². The van der Waals surface area contributed by atoms with Crippen LogP contribution in [-0.2, 0) is 13.0 Å². The number of methoxy groups -OCH3 is 1. The number of aromatic nitrogens is 2. The third-order valence-corrected chi connectivity index (χ3v) is 3.43. The maximum absolute atomic E-state index is 12.6. The average Bonchev–Trinajstić information content (AvgIpc) is 2.47. The molecular weight excluding hydrogens is 252 g/mol. The fourth-order valence-corrected chi connectivity index (χ4v) is 2.36. The molecule has 106 valence electrons. The number of hydrogen-bond acceptors (Lipinski definition) is 3. The molecule has 2 rings (SSSR count). The first-order valence-corrected chi connectivity index (χ1v) is 6.88. The zero-order chi connectivity index (χ0) is 14.7. The molecular formula is C16H20N2O2. The first-order valence-electron chi connectivity index (χ1n) is 6.88. The summed E-state index contributed by atoms with van der Waals surface area (Å²) in [5.41, 5.74) is 3.29. The van der Waals surface area contributed by atoms with E-state index in [-0.39, 0.29) is 5.56 Å². The van der Waals surface area contributed by atoms with Crippen molar-refractivity contribution in [3.05, 3.63) is 45.9 Å². The highest BCUT2D eigenvalue weighted by molar-refractivity contribution is 5.73. The second-order valence-corrected chi connectivity index (χ2v) is 4.64. The molecule has 1 aromatic carbocycles. The third kappa shape index (κ3) is 2.33. The van der Waals surface area contributed by atoms with E-state index < -0.39 is 0 Å². The lowest BCUT2D eigenvalue weighted by atomic mass is 10.00. The normalized spacial score (nSPS) is 10.6. The topological polar surface area (TPSA) is 44.1 Å². The molecule has 4 heteroatoms. The number of ether oxygens (including phenoxy) is 1. The van der Waals surface area contributed by atoms with Gasteiger partial charge in [0.05, 0.1) is 12.7 Å². The molecule has 0 bridgehead atoms. The average molecular weight is 272 g/mol. The lowest BCUT2D eigenvalue weighted by molar-refractivity contribution is 0.401. The maximum atomic E-state index is 12.6. The smallest absolute Gasteiger partial charge is 0.278 e. The SMILES string of the molecule is CCc1nn(CC)c(=O)c(-c2ccccc2C)c1OC. The highest BCUT2D eigenvalue weighted by atomic mass is 16.5. The van der Waals surface area contributed by atoms with E-state index in [0.717, 1.165) is 23.2 Å². The van der Waals surface area contributed by atoms with Gasteiger partial charge in [-0.2, -0.15) is 5.10 Å². The van der Waals surface area contributed by atoms with E-state index in [1.807, 2.05) is 45.0 Å². The van der Waals surface area contributed by atoms with Crippen molar-refractivity contribution in [1.29, 1.82) is 0 Å². The molecule has 0 N–H and O–H groups in total. The minimum absolute atomic E-state index is 0.101. The molecule has 0 radical (unpaired) electrons. The predicted octanol–water partition coefficient (Wildman–Crippen LogP) is 2.81. The Hall–Kier alpha value is -2.10. The van der Waals surface area contributed by atoms with Crippen molar-refractivity contribution >= 4 is 0 Å². The van der Waals surface area contributed by atoms with Gasteiger partial charge in [0.1, 0.15) is 5.69 Å². The van der Waals surface area contributed by atoms with Crippen LogP contribution in [0.15, 0.2) is 29.1 Å². The van der Waals surface area contributed by atoms with Crippen LogP contribution in [-0.4, -0.2) is 16.9 Å². The standard InChI is InChI=1S/C16H20N2O2/c1-5-13-15(20-4)14(16(19)18(6-2)17-13)12-10-8-7-9-11(12)3/h7-10H,5-6H2,1-4H3. The van der Waals surface area contributed by atoms with Crippen molar-refractivity contribution in [1.82, 2.24) is 9.78 Å². The first kappa shape index (κ1) is 14.3. The molecule has 0 aliphatic carbocycles. The van der Waals surface area contributed by atoms with Gasteiger partial charge in [-0.25, -0.2) is 4.68 Å². The lowest BCUT2D eigenvalue weighted by Crippen LogP contribution is -2.26. The van der Waals surface area contributed by atoms with E-state index in [1.165, 1.54) is 4.68 Å². The van der Waals surface area contributed by atoms with Gasteiger partial charge in [0.2, 0.25) is 0 Å². The Morgan fingerprint density at radius 2 is 1.95 bits per heavy atom. The Kier molecular flexibility index (Phi) is 4.23. The molecule has 0 saturated heterocycles. The summed E-state index contributed by atoms with van der Waals surface area (Å²) >= 11 is 0. The highest BCUT2D eigenvalue weighted by Gasteiger charge is 2.19. The van der Waals surface area contributed by atoms with Gasteiger partial charge >= 0.3 is 0 Å². The quantitative estimate of drug-likeness (QED) is 0.859. The minimum atomic E-state index is -0.101. The summed E-state index contributed by atoms with van der Waals surface area (Å²) in [5, 5.41) is 4.38. The van der Waals surface area contributed by atoms with Crippen molar-refractivity contribution < 1.29 is 4.74 Å². The van der Waals surface area contributed by atoms with Crippen molar-refractivity contribution in [2.45, 2.75) is 33.7 Å². The van der Waals surface area contributed by atoms with Gasteiger partial charge in [-0.15, -0.1) is 0 Å². The molecule has 0 spiro atoms.